The molecule has 1 amide bonds. The maximum atomic E-state index is 12.9. The number of anilines is 1. The van der Waals surface area contributed by atoms with Crippen LogP contribution < -0.4 is 19.1 Å². The molecule has 2 atom stereocenters. The van der Waals surface area contributed by atoms with Crippen LogP contribution in [0.25, 0.3) is 0 Å². The summed E-state index contributed by atoms with van der Waals surface area (Å²) in [4.78, 5) is 19.1. The van der Waals surface area contributed by atoms with Crippen LogP contribution in [0.4, 0.5) is 5.69 Å². The molecular weight excluding hydrogens is 452 g/mol. The number of ether oxygens (including phenoxy) is 3. The first-order valence-corrected chi connectivity index (χ1v) is 12.7. The number of hydrogen-bond acceptors (Lipinski definition) is 7. The molecule has 0 aliphatic carbocycles. The third kappa shape index (κ3) is 4.42. The number of thioether (sulfide) groups is 1. The third-order valence-electron chi connectivity index (χ3n) is 5.43. The highest BCUT2D eigenvalue weighted by Gasteiger charge is 2.50. The van der Waals surface area contributed by atoms with E-state index >= 15 is 0 Å². The van der Waals surface area contributed by atoms with Crippen molar-refractivity contribution in [3.63, 3.8) is 0 Å². The summed E-state index contributed by atoms with van der Waals surface area (Å²) in [7, 11) is 1.50. The lowest BCUT2D eigenvalue weighted by molar-refractivity contribution is -0.117. The van der Waals surface area contributed by atoms with Crippen molar-refractivity contribution in [3.05, 3.63) is 48.0 Å². The van der Waals surface area contributed by atoms with Gasteiger partial charge in [0.15, 0.2) is 26.5 Å². The topological polar surface area (TPSA) is 94.5 Å². The minimum absolute atomic E-state index is 0.0194. The van der Waals surface area contributed by atoms with Gasteiger partial charge in [0, 0.05) is 5.25 Å². The van der Waals surface area contributed by atoms with Gasteiger partial charge < -0.3 is 19.1 Å². The highest BCUT2D eigenvalue weighted by molar-refractivity contribution is 8.16. The largest absolute Gasteiger partial charge is 0.495 e. The molecule has 2 aromatic rings. The van der Waals surface area contributed by atoms with E-state index in [0.29, 0.717) is 28.1 Å². The molecule has 0 radical (unpaired) electrons. The minimum atomic E-state index is -3.15. The fourth-order valence-corrected chi connectivity index (χ4v) is 7.91. The van der Waals surface area contributed by atoms with Crippen molar-refractivity contribution in [1.82, 2.24) is 0 Å². The SMILES string of the molecule is COc1ccc(CC(=O)N=C2S[C@@H]3CS(=O)(=O)C[C@@H]3N2c2ccccc2OC)cc1OC. The zero-order valence-corrected chi connectivity index (χ0v) is 19.6. The first-order valence-electron chi connectivity index (χ1n) is 9.97. The molecule has 2 aliphatic rings. The van der Waals surface area contributed by atoms with Crippen LogP contribution in [0, 0.1) is 0 Å². The molecule has 8 nitrogen and oxygen atoms in total. The van der Waals surface area contributed by atoms with Gasteiger partial charge in [-0.15, -0.1) is 0 Å². The van der Waals surface area contributed by atoms with Crippen LogP contribution in [0.2, 0.25) is 0 Å². The molecular formula is C22H24N2O6S2. The Hall–Kier alpha value is -2.72. The molecule has 32 heavy (non-hydrogen) atoms. The predicted molar refractivity (Wildman–Crippen MR) is 125 cm³/mol. The van der Waals surface area contributed by atoms with Crippen molar-refractivity contribution in [1.29, 1.82) is 0 Å². The van der Waals surface area contributed by atoms with Crippen LogP contribution in [-0.2, 0) is 21.1 Å². The average Bonchev–Trinajstić information content (AvgIpc) is 3.23. The highest BCUT2D eigenvalue weighted by Crippen LogP contribution is 2.43. The molecule has 2 saturated heterocycles. The number of para-hydroxylation sites is 2. The van der Waals surface area contributed by atoms with Crippen LogP contribution >= 0.6 is 11.8 Å². The smallest absolute Gasteiger partial charge is 0.252 e. The van der Waals surface area contributed by atoms with Gasteiger partial charge in [-0.1, -0.05) is 30.0 Å². The van der Waals surface area contributed by atoms with E-state index in [1.54, 1.807) is 38.5 Å². The highest BCUT2D eigenvalue weighted by atomic mass is 32.2. The van der Waals surface area contributed by atoms with Crippen molar-refractivity contribution in [2.24, 2.45) is 4.99 Å². The molecule has 0 unspecified atom stereocenters. The van der Waals surface area contributed by atoms with Gasteiger partial charge in [0.05, 0.1) is 51.0 Å². The van der Waals surface area contributed by atoms with Crippen molar-refractivity contribution in [2.45, 2.75) is 17.7 Å². The van der Waals surface area contributed by atoms with Crippen molar-refractivity contribution < 1.29 is 27.4 Å². The van der Waals surface area contributed by atoms with Crippen molar-refractivity contribution >= 4 is 38.4 Å². The Bertz CT molecular complexity index is 1160. The molecule has 10 heteroatoms. The van der Waals surface area contributed by atoms with Crippen molar-refractivity contribution in [3.8, 4) is 17.2 Å². The number of benzene rings is 2. The molecule has 0 bridgehead atoms. The standard InChI is InChI=1S/C22H24N2O6S2/c1-28-17-7-5-4-6-15(17)24-16-12-32(26,27)13-20(16)31-22(24)23-21(25)11-14-8-9-18(29-2)19(10-14)30-3/h4-10,16,20H,11-13H2,1-3H3/t16-,20+/m0/s1. The first-order chi connectivity index (χ1) is 15.3. The first kappa shape index (κ1) is 22.5. The van der Waals surface area contributed by atoms with E-state index in [9.17, 15) is 13.2 Å². The molecule has 0 spiro atoms. The molecule has 170 valence electrons. The van der Waals surface area contributed by atoms with Gasteiger partial charge in [0.1, 0.15) is 5.75 Å². The molecule has 2 aliphatic heterocycles. The molecule has 0 aromatic heterocycles. The Morgan fingerprint density at radius 2 is 1.75 bits per heavy atom. The number of hydrogen-bond donors (Lipinski definition) is 0. The maximum absolute atomic E-state index is 12.9. The van der Waals surface area contributed by atoms with E-state index in [-0.39, 0.29) is 35.1 Å². The molecule has 2 fully saturated rings. The summed E-state index contributed by atoms with van der Waals surface area (Å²) in [5.74, 6) is 1.47. The average molecular weight is 477 g/mol. The molecule has 0 N–H and O–H groups in total. The molecule has 0 saturated carbocycles. The lowest BCUT2D eigenvalue weighted by Crippen LogP contribution is -2.38. The normalized spacial score (nSPS) is 22.6. The van der Waals surface area contributed by atoms with Gasteiger partial charge in [0.25, 0.3) is 5.91 Å². The molecule has 4 rings (SSSR count). The Kier molecular flexibility index (Phi) is 6.34. The zero-order chi connectivity index (χ0) is 22.9. The van der Waals surface area contributed by atoms with Crippen LogP contribution in [0.3, 0.4) is 0 Å². The molecule has 2 heterocycles. The Labute approximate surface area is 191 Å². The monoisotopic (exact) mass is 476 g/mol. The van der Waals surface area contributed by atoms with Gasteiger partial charge in [-0.3, -0.25) is 4.79 Å². The number of amidine groups is 1. The Morgan fingerprint density at radius 1 is 1.03 bits per heavy atom. The fraction of sp³-hybridized carbons (Fsp3) is 0.364. The quantitative estimate of drug-likeness (QED) is 0.628. The maximum Gasteiger partial charge on any atom is 0.252 e. The van der Waals surface area contributed by atoms with E-state index in [4.69, 9.17) is 14.2 Å². The number of fused-ring (bicyclic) bond motifs is 1. The number of nitrogens with zero attached hydrogens (tertiary/aromatic N) is 2. The summed E-state index contributed by atoms with van der Waals surface area (Å²) < 4.78 is 40.6. The summed E-state index contributed by atoms with van der Waals surface area (Å²) >= 11 is 1.33. The Morgan fingerprint density at radius 3 is 2.47 bits per heavy atom. The summed E-state index contributed by atoms with van der Waals surface area (Å²) in [5.41, 5.74) is 1.44. The number of carbonyl (C=O) groups is 1. The number of rotatable bonds is 6. The van der Waals surface area contributed by atoms with Crippen LogP contribution in [0.5, 0.6) is 17.2 Å². The summed E-state index contributed by atoms with van der Waals surface area (Å²) in [6, 6.07) is 12.3. The minimum Gasteiger partial charge on any atom is -0.495 e. The second-order valence-electron chi connectivity index (χ2n) is 7.50. The van der Waals surface area contributed by atoms with Gasteiger partial charge >= 0.3 is 0 Å². The number of sulfone groups is 1. The summed E-state index contributed by atoms with van der Waals surface area (Å²) in [5, 5.41) is 0.308. The van der Waals surface area contributed by atoms with Gasteiger partial charge in [-0.05, 0) is 29.8 Å². The van der Waals surface area contributed by atoms with E-state index in [1.807, 2.05) is 23.1 Å². The summed E-state index contributed by atoms with van der Waals surface area (Å²) in [6.45, 7) is 0. The number of methoxy groups -OCH3 is 3. The van der Waals surface area contributed by atoms with Crippen molar-refractivity contribution in [2.75, 3.05) is 37.7 Å². The summed E-state index contributed by atoms with van der Waals surface area (Å²) in [6.07, 6.45) is 0.0812. The van der Waals surface area contributed by atoms with Gasteiger partial charge in [0.2, 0.25) is 0 Å². The lowest BCUT2D eigenvalue weighted by atomic mass is 10.1. The second kappa shape index (κ2) is 9.03. The predicted octanol–water partition coefficient (Wildman–Crippen LogP) is 2.56. The van der Waals surface area contributed by atoms with Gasteiger partial charge in [-0.25, -0.2) is 8.42 Å². The number of aliphatic imine (C=N–C) groups is 1. The van der Waals surface area contributed by atoms with E-state index in [2.05, 4.69) is 4.99 Å². The fourth-order valence-electron chi connectivity index (χ4n) is 3.99. The van der Waals surface area contributed by atoms with Crippen LogP contribution in [-0.4, -0.2) is 63.6 Å². The Balaban J connectivity index is 1.64. The number of amides is 1. The van der Waals surface area contributed by atoms with Gasteiger partial charge in [-0.2, -0.15) is 4.99 Å². The number of carbonyl (C=O) groups excluding carboxylic acids is 1. The van der Waals surface area contributed by atoms with Crippen LogP contribution in [0.1, 0.15) is 5.56 Å². The third-order valence-corrected chi connectivity index (χ3v) is 8.64. The molecule has 2 aromatic carbocycles. The zero-order valence-electron chi connectivity index (χ0n) is 18.0. The second-order valence-corrected chi connectivity index (χ2v) is 10.9. The van der Waals surface area contributed by atoms with E-state index < -0.39 is 9.84 Å². The van der Waals surface area contributed by atoms with Crippen LogP contribution in [0.15, 0.2) is 47.5 Å². The van der Waals surface area contributed by atoms with E-state index in [1.165, 1.54) is 18.9 Å². The van der Waals surface area contributed by atoms with E-state index in [0.717, 1.165) is 5.56 Å². The lowest BCUT2D eigenvalue weighted by Gasteiger charge is -2.26.